The highest BCUT2D eigenvalue weighted by Gasteiger charge is 2.24. The first-order valence-corrected chi connectivity index (χ1v) is 5.47. The van der Waals surface area contributed by atoms with Crippen LogP contribution < -0.4 is 22.5 Å². The molecule has 6 nitrogen and oxygen atoms in total. The highest BCUT2D eigenvalue weighted by atomic mass is 16.2. The normalized spacial score (nSPS) is 11.0. The lowest BCUT2D eigenvalue weighted by molar-refractivity contribution is -0.119. The second-order valence-corrected chi connectivity index (χ2v) is 4.83. The van der Waals surface area contributed by atoms with Gasteiger partial charge in [-0.3, -0.25) is 9.59 Å². The lowest BCUT2D eigenvalue weighted by Crippen LogP contribution is -2.46. The summed E-state index contributed by atoms with van der Waals surface area (Å²) in [5, 5.41) is 2.70. The van der Waals surface area contributed by atoms with Crippen LogP contribution in [0.15, 0.2) is 18.2 Å². The minimum atomic E-state index is -0.725. The van der Waals surface area contributed by atoms with Crippen molar-refractivity contribution in [3.05, 3.63) is 23.8 Å². The molecule has 1 rings (SSSR count). The monoisotopic (exact) mass is 250 g/mol. The molecule has 0 heterocycles. The van der Waals surface area contributed by atoms with E-state index in [1.807, 2.05) is 0 Å². The third-order valence-corrected chi connectivity index (χ3v) is 2.39. The summed E-state index contributed by atoms with van der Waals surface area (Å²) in [6.45, 7) is 3.42. The summed E-state index contributed by atoms with van der Waals surface area (Å²) in [7, 11) is 0. The van der Waals surface area contributed by atoms with Crippen molar-refractivity contribution in [3.8, 4) is 0 Å². The van der Waals surface area contributed by atoms with Crippen molar-refractivity contribution >= 4 is 23.2 Å². The molecule has 0 unspecified atom stereocenters. The van der Waals surface area contributed by atoms with Crippen molar-refractivity contribution in [1.29, 1.82) is 0 Å². The molecule has 0 radical (unpaired) electrons. The zero-order chi connectivity index (χ0) is 13.9. The number of nitrogens with two attached hydrogens (primary N) is 3. The lowest BCUT2D eigenvalue weighted by Gasteiger charge is -2.25. The third-order valence-electron chi connectivity index (χ3n) is 2.39. The fourth-order valence-electron chi connectivity index (χ4n) is 1.64. The predicted octanol–water partition coefficient (Wildman–Crippen LogP) is 0.235. The van der Waals surface area contributed by atoms with Gasteiger partial charge in [-0.2, -0.15) is 0 Å². The maximum Gasteiger partial charge on any atom is 0.253 e. The number of nitrogens with one attached hydrogen (secondary N) is 1. The van der Waals surface area contributed by atoms with Gasteiger partial charge >= 0.3 is 0 Å². The summed E-state index contributed by atoms with van der Waals surface area (Å²) in [5.74, 6) is -0.843. The summed E-state index contributed by atoms with van der Waals surface area (Å²) >= 11 is 0. The summed E-state index contributed by atoms with van der Waals surface area (Å²) in [4.78, 5) is 22.9. The van der Waals surface area contributed by atoms with E-state index in [0.29, 0.717) is 16.9 Å². The molecule has 0 bridgehead atoms. The number of anilines is 2. The van der Waals surface area contributed by atoms with Crippen molar-refractivity contribution in [2.45, 2.75) is 25.8 Å². The summed E-state index contributed by atoms with van der Waals surface area (Å²) < 4.78 is 0. The van der Waals surface area contributed by atoms with Crippen LogP contribution in [-0.4, -0.2) is 17.4 Å². The number of carbonyl (C=O) groups excluding carboxylic acids is 2. The van der Waals surface area contributed by atoms with Crippen LogP contribution in [0.1, 0.15) is 30.6 Å². The fourth-order valence-corrected chi connectivity index (χ4v) is 1.64. The number of benzene rings is 1. The minimum Gasteiger partial charge on any atom is -0.399 e. The number of hydrogen-bond acceptors (Lipinski definition) is 4. The Balaban J connectivity index is 2.85. The first-order chi connectivity index (χ1) is 8.21. The minimum absolute atomic E-state index is 0.0492. The Hall–Kier alpha value is -2.24. The van der Waals surface area contributed by atoms with Gasteiger partial charge in [0.1, 0.15) is 0 Å². The predicted molar refractivity (Wildman–Crippen MR) is 70.6 cm³/mol. The summed E-state index contributed by atoms with van der Waals surface area (Å²) in [5.41, 5.74) is 16.7. The Morgan fingerprint density at radius 2 is 1.89 bits per heavy atom. The van der Waals surface area contributed by atoms with Gasteiger partial charge in [-0.15, -0.1) is 0 Å². The Bertz CT molecular complexity index is 483. The maximum atomic E-state index is 12.0. The van der Waals surface area contributed by atoms with Crippen molar-refractivity contribution in [3.63, 3.8) is 0 Å². The number of carbonyl (C=O) groups is 2. The van der Waals surface area contributed by atoms with Crippen LogP contribution in [0.2, 0.25) is 0 Å². The molecule has 1 aromatic carbocycles. The van der Waals surface area contributed by atoms with Gasteiger partial charge in [0.15, 0.2) is 0 Å². The third kappa shape index (κ3) is 3.65. The SMILES string of the molecule is CC(C)(CC(N)=O)NC(=O)c1ccc(N)cc1N. The Kier molecular flexibility index (Phi) is 3.80. The van der Waals surface area contributed by atoms with E-state index in [2.05, 4.69) is 5.32 Å². The van der Waals surface area contributed by atoms with Crippen LogP contribution >= 0.6 is 0 Å². The van der Waals surface area contributed by atoms with Crippen LogP contribution in [0.3, 0.4) is 0 Å². The number of nitrogen functional groups attached to an aromatic ring is 2. The van der Waals surface area contributed by atoms with E-state index in [0.717, 1.165) is 0 Å². The van der Waals surface area contributed by atoms with Gasteiger partial charge in [-0.05, 0) is 32.0 Å². The smallest absolute Gasteiger partial charge is 0.253 e. The molecular formula is C12H18N4O2. The molecule has 0 fully saturated rings. The quantitative estimate of drug-likeness (QED) is 0.571. The Morgan fingerprint density at radius 1 is 1.28 bits per heavy atom. The van der Waals surface area contributed by atoms with Gasteiger partial charge < -0.3 is 22.5 Å². The average molecular weight is 250 g/mol. The van der Waals surface area contributed by atoms with E-state index < -0.39 is 11.4 Å². The first kappa shape index (κ1) is 13.8. The number of amides is 2. The molecule has 18 heavy (non-hydrogen) atoms. The van der Waals surface area contributed by atoms with Crippen molar-refractivity contribution in [2.75, 3.05) is 11.5 Å². The molecule has 0 aliphatic carbocycles. The molecule has 0 spiro atoms. The van der Waals surface area contributed by atoms with Crippen molar-refractivity contribution in [1.82, 2.24) is 5.32 Å². The molecule has 0 aliphatic heterocycles. The highest BCUT2D eigenvalue weighted by Crippen LogP contribution is 2.17. The van der Waals surface area contributed by atoms with Crippen LogP contribution in [0, 0.1) is 0 Å². The van der Waals surface area contributed by atoms with Crippen LogP contribution in [-0.2, 0) is 4.79 Å². The van der Waals surface area contributed by atoms with E-state index in [4.69, 9.17) is 17.2 Å². The topological polar surface area (TPSA) is 124 Å². The van der Waals surface area contributed by atoms with Gasteiger partial charge in [0.2, 0.25) is 5.91 Å². The van der Waals surface area contributed by atoms with Crippen molar-refractivity contribution < 1.29 is 9.59 Å². The highest BCUT2D eigenvalue weighted by molar-refractivity contribution is 6.00. The van der Waals surface area contributed by atoms with E-state index in [-0.39, 0.29) is 12.3 Å². The summed E-state index contributed by atoms with van der Waals surface area (Å²) in [6.07, 6.45) is 0.0492. The molecular weight excluding hydrogens is 232 g/mol. The Labute approximate surface area is 106 Å². The molecule has 98 valence electrons. The standard InChI is InChI=1S/C12H18N4O2/c1-12(2,6-10(15)17)16-11(18)8-4-3-7(13)5-9(8)14/h3-5H,6,13-14H2,1-2H3,(H2,15,17)(H,16,18). The zero-order valence-corrected chi connectivity index (χ0v) is 10.5. The van der Waals surface area contributed by atoms with Crippen LogP contribution in [0.4, 0.5) is 11.4 Å². The van der Waals surface area contributed by atoms with Gasteiger partial charge in [-0.1, -0.05) is 0 Å². The van der Waals surface area contributed by atoms with Crippen molar-refractivity contribution in [2.24, 2.45) is 5.73 Å². The largest absolute Gasteiger partial charge is 0.399 e. The second-order valence-electron chi connectivity index (χ2n) is 4.83. The first-order valence-electron chi connectivity index (χ1n) is 5.47. The van der Waals surface area contributed by atoms with E-state index in [9.17, 15) is 9.59 Å². The van der Waals surface area contributed by atoms with E-state index >= 15 is 0 Å². The second kappa shape index (κ2) is 4.95. The van der Waals surface area contributed by atoms with E-state index in [1.54, 1.807) is 26.0 Å². The lowest BCUT2D eigenvalue weighted by atomic mass is 9.99. The van der Waals surface area contributed by atoms with Crippen LogP contribution in [0.5, 0.6) is 0 Å². The molecule has 0 saturated carbocycles. The summed E-state index contributed by atoms with van der Waals surface area (Å²) in [6, 6.07) is 4.64. The number of primary amides is 1. The molecule has 7 N–H and O–H groups in total. The Morgan fingerprint density at radius 3 is 2.39 bits per heavy atom. The number of rotatable bonds is 4. The zero-order valence-electron chi connectivity index (χ0n) is 10.5. The molecule has 6 heteroatoms. The molecule has 0 atom stereocenters. The van der Waals surface area contributed by atoms with E-state index in [1.165, 1.54) is 6.07 Å². The van der Waals surface area contributed by atoms with Gasteiger partial charge in [0, 0.05) is 23.3 Å². The molecule has 0 saturated heterocycles. The van der Waals surface area contributed by atoms with Gasteiger partial charge in [0.05, 0.1) is 5.56 Å². The van der Waals surface area contributed by atoms with Crippen LogP contribution in [0.25, 0.3) is 0 Å². The number of hydrogen-bond donors (Lipinski definition) is 4. The average Bonchev–Trinajstić information content (AvgIpc) is 2.13. The van der Waals surface area contributed by atoms with Gasteiger partial charge in [0.25, 0.3) is 5.91 Å². The maximum absolute atomic E-state index is 12.0. The molecule has 0 aliphatic rings. The molecule has 0 aromatic heterocycles. The molecule has 1 aromatic rings. The molecule has 2 amide bonds. The fraction of sp³-hybridized carbons (Fsp3) is 0.333. The van der Waals surface area contributed by atoms with Gasteiger partial charge in [-0.25, -0.2) is 0 Å².